The zero-order valence-corrected chi connectivity index (χ0v) is 27.0. The van der Waals surface area contributed by atoms with Gasteiger partial charge < -0.3 is 40.0 Å². The minimum absolute atomic E-state index is 0.0492. The van der Waals surface area contributed by atoms with E-state index in [1.54, 1.807) is 9.80 Å². The van der Waals surface area contributed by atoms with Gasteiger partial charge in [-0.2, -0.15) is 0 Å². The Bertz CT molecular complexity index is 1220. The van der Waals surface area contributed by atoms with Gasteiger partial charge in [0.05, 0.1) is 25.4 Å². The molecule has 5 atom stereocenters. The number of hydrogen-bond acceptors (Lipinski definition) is 12. The third-order valence-electron chi connectivity index (χ3n) is 9.20. The van der Waals surface area contributed by atoms with Gasteiger partial charge in [-0.25, -0.2) is 18.7 Å². The standard InChI is InChI=1S/C33H49F2N5O7/c1-2-4-23-17-36-33(37-18-23)40-8-6-22(7-9-40)5-3-14-47-24-15-25(34)30(26(35)16-24)27(20-41)39-12-10-38(11-13-39)19-28(43)31(45)32(46)29(44)21-42/h15-18,20,22,27-29,31-32,42-46H,2-14,19,21H2,1H3/t27?,28-,29+,31+,32+/m0/s1. The highest BCUT2D eigenvalue weighted by molar-refractivity contribution is 5.62. The van der Waals surface area contributed by atoms with Gasteiger partial charge in [-0.1, -0.05) is 13.3 Å². The first-order chi connectivity index (χ1) is 22.6. The van der Waals surface area contributed by atoms with Crippen molar-refractivity contribution in [2.45, 2.75) is 75.9 Å². The van der Waals surface area contributed by atoms with Crippen molar-refractivity contribution in [3.8, 4) is 5.75 Å². The lowest BCUT2D eigenvalue weighted by molar-refractivity contribution is -0.122. The minimum Gasteiger partial charge on any atom is -0.493 e. The predicted octanol–water partition coefficient (Wildman–Crippen LogP) is 1.08. The molecule has 47 heavy (non-hydrogen) atoms. The van der Waals surface area contributed by atoms with E-state index in [1.165, 1.54) is 0 Å². The molecule has 2 aliphatic heterocycles. The summed E-state index contributed by atoms with van der Waals surface area (Å²) in [6.07, 6.45) is 3.62. The van der Waals surface area contributed by atoms with Crippen LogP contribution in [0.5, 0.6) is 5.75 Å². The molecule has 2 fully saturated rings. The lowest BCUT2D eigenvalue weighted by Gasteiger charge is -2.39. The average molecular weight is 666 g/mol. The first-order valence-electron chi connectivity index (χ1n) is 16.6. The zero-order chi connectivity index (χ0) is 33.9. The van der Waals surface area contributed by atoms with Crippen LogP contribution in [0, 0.1) is 17.6 Å². The van der Waals surface area contributed by atoms with E-state index in [9.17, 15) is 25.2 Å². The molecule has 0 spiro atoms. The lowest BCUT2D eigenvalue weighted by Crippen LogP contribution is -2.54. The summed E-state index contributed by atoms with van der Waals surface area (Å²) in [6.45, 7) is 4.53. The van der Waals surface area contributed by atoms with Crippen LogP contribution in [0.4, 0.5) is 14.7 Å². The summed E-state index contributed by atoms with van der Waals surface area (Å²) < 4.78 is 36.1. The quantitative estimate of drug-likeness (QED) is 0.121. The number of halogens is 2. The smallest absolute Gasteiger partial charge is 0.225 e. The van der Waals surface area contributed by atoms with Gasteiger partial charge in [-0.15, -0.1) is 0 Å². The van der Waals surface area contributed by atoms with Crippen molar-refractivity contribution in [3.63, 3.8) is 0 Å². The molecule has 0 amide bonds. The number of benzene rings is 1. The van der Waals surface area contributed by atoms with Crippen LogP contribution in [0.1, 0.15) is 56.2 Å². The highest BCUT2D eigenvalue weighted by Gasteiger charge is 2.34. The van der Waals surface area contributed by atoms with E-state index >= 15 is 8.78 Å². The van der Waals surface area contributed by atoms with Crippen LogP contribution in [-0.2, 0) is 11.2 Å². The van der Waals surface area contributed by atoms with Crippen molar-refractivity contribution in [3.05, 3.63) is 47.3 Å². The van der Waals surface area contributed by atoms with Gasteiger partial charge in [0, 0.05) is 75.9 Å². The van der Waals surface area contributed by atoms with E-state index in [0.29, 0.717) is 31.9 Å². The third-order valence-corrected chi connectivity index (χ3v) is 9.20. The predicted molar refractivity (Wildman–Crippen MR) is 170 cm³/mol. The summed E-state index contributed by atoms with van der Waals surface area (Å²) in [6, 6.07) is 1.06. The Balaban J connectivity index is 1.20. The second-order valence-electron chi connectivity index (χ2n) is 12.6. The van der Waals surface area contributed by atoms with Crippen molar-refractivity contribution >= 4 is 12.2 Å². The molecule has 2 saturated heterocycles. The van der Waals surface area contributed by atoms with Gasteiger partial charge in [0.15, 0.2) is 0 Å². The molecular formula is C33H49F2N5O7. The minimum atomic E-state index is -1.73. The Labute approximate surface area is 274 Å². The number of nitrogens with zero attached hydrogens (tertiary/aromatic N) is 5. The van der Waals surface area contributed by atoms with E-state index in [4.69, 9.17) is 9.84 Å². The number of aldehydes is 1. The number of β-amino-alcohol motifs (C(OH)–C–C–N with tert-alkyl or cyclic N) is 1. The van der Waals surface area contributed by atoms with Gasteiger partial charge in [-0.3, -0.25) is 9.80 Å². The number of hydrogen-bond donors (Lipinski definition) is 5. The van der Waals surface area contributed by atoms with Gasteiger partial charge >= 0.3 is 0 Å². The van der Waals surface area contributed by atoms with E-state index in [-0.39, 0.29) is 30.9 Å². The highest BCUT2D eigenvalue weighted by Crippen LogP contribution is 2.30. The SMILES string of the molecule is CCCc1cnc(N2CCC(CCCOc3cc(F)c(C(C=O)N4CCN(C[C@H](O)[C@@H](O)[C@H](O)[C@H](O)CO)CC4)c(F)c3)CC2)nc1. The Morgan fingerprint density at radius 1 is 0.957 bits per heavy atom. The maximum absolute atomic E-state index is 15.2. The maximum Gasteiger partial charge on any atom is 0.225 e. The first-order valence-corrected chi connectivity index (χ1v) is 16.6. The number of ether oxygens (including phenoxy) is 1. The Morgan fingerprint density at radius 3 is 2.15 bits per heavy atom. The van der Waals surface area contributed by atoms with Gasteiger partial charge in [0.25, 0.3) is 0 Å². The number of piperidine rings is 1. The monoisotopic (exact) mass is 665 g/mol. The molecule has 0 radical (unpaired) electrons. The molecular weight excluding hydrogens is 616 g/mol. The molecule has 0 bridgehead atoms. The molecule has 3 heterocycles. The molecule has 14 heteroatoms. The van der Waals surface area contributed by atoms with E-state index < -0.39 is 48.7 Å². The van der Waals surface area contributed by atoms with E-state index in [1.807, 2.05) is 12.4 Å². The van der Waals surface area contributed by atoms with Gasteiger partial charge in [-0.05, 0) is 43.6 Å². The van der Waals surface area contributed by atoms with Crippen molar-refractivity contribution < 1.29 is 43.8 Å². The van der Waals surface area contributed by atoms with Gasteiger partial charge in [0.2, 0.25) is 5.95 Å². The Kier molecular flexibility index (Phi) is 14.2. The van der Waals surface area contributed by atoms with E-state index in [2.05, 4.69) is 21.8 Å². The third kappa shape index (κ3) is 10.1. The molecule has 2 aromatic rings. The number of piperazine rings is 1. The van der Waals surface area contributed by atoms with Crippen LogP contribution in [0.3, 0.4) is 0 Å². The Morgan fingerprint density at radius 2 is 1.57 bits per heavy atom. The van der Waals surface area contributed by atoms with E-state index in [0.717, 1.165) is 75.3 Å². The highest BCUT2D eigenvalue weighted by atomic mass is 19.1. The molecule has 0 saturated carbocycles. The summed E-state index contributed by atoms with van der Waals surface area (Å²) in [5.41, 5.74) is 0.793. The molecule has 12 nitrogen and oxygen atoms in total. The second kappa shape index (κ2) is 18.1. The number of carbonyl (C=O) groups is 1. The largest absolute Gasteiger partial charge is 0.493 e. The summed E-state index contributed by atoms with van der Waals surface area (Å²) >= 11 is 0. The fraction of sp³-hybridized carbons (Fsp3) is 0.667. The van der Waals surface area contributed by atoms with Crippen LogP contribution in [-0.4, -0.2) is 135 Å². The van der Waals surface area contributed by atoms with Crippen molar-refractivity contribution in [1.82, 2.24) is 19.8 Å². The van der Waals surface area contributed by atoms with Crippen LogP contribution in [0.15, 0.2) is 24.5 Å². The molecule has 0 aliphatic carbocycles. The van der Waals surface area contributed by atoms with Gasteiger partial charge in [0.1, 0.15) is 42.0 Å². The summed E-state index contributed by atoms with van der Waals surface area (Å²) in [4.78, 5) is 26.7. The number of aliphatic hydroxyl groups is 5. The van der Waals surface area contributed by atoms with Crippen LogP contribution >= 0.6 is 0 Å². The lowest BCUT2D eigenvalue weighted by atomic mass is 9.92. The maximum atomic E-state index is 15.2. The number of rotatable bonds is 17. The van der Waals surface area contributed by atoms with Crippen LogP contribution < -0.4 is 9.64 Å². The first kappa shape index (κ1) is 37.0. The zero-order valence-electron chi connectivity index (χ0n) is 27.0. The van der Waals surface area contributed by atoms with Crippen LogP contribution in [0.25, 0.3) is 0 Å². The number of aryl methyl sites for hydroxylation is 1. The number of aromatic nitrogens is 2. The summed E-state index contributed by atoms with van der Waals surface area (Å²) in [7, 11) is 0. The summed E-state index contributed by atoms with van der Waals surface area (Å²) in [5.74, 6) is -0.377. The summed E-state index contributed by atoms with van der Waals surface area (Å²) in [5, 5.41) is 48.6. The van der Waals surface area contributed by atoms with Crippen molar-refractivity contribution in [2.24, 2.45) is 5.92 Å². The molecule has 262 valence electrons. The number of aliphatic hydroxyl groups excluding tert-OH is 5. The second-order valence-corrected chi connectivity index (χ2v) is 12.6. The normalized spacial score (nSPS) is 20.0. The topological polar surface area (TPSA) is 163 Å². The number of anilines is 1. The van der Waals surface area contributed by atoms with Crippen molar-refractivity contribution in [2.75, 3.05) is 63.9 Å². The van der Waals surface area contributed by atoms with Crippen molar-refractivity contribution in [1.29, 1.82) is 0 Å². The van der Waals surface area contributed by atoms with Crippen LogP contribution in [0.2, 0.25) is 0 Å². The fourth-order valence-corrected chi connectivity index (χ4v) is 6.34. The molecule has 1 unspecified atom stereocenters. The molecule has 1 aromatic carbocycles. The Hall–Kier alpha value is -2.85. The molecule has 2 aliphatic rings. The molecule has 5 N–H and O–H groups in total. The number of carbonyl (C=O) groups excluding carboxylic acids is 1. The molecule has 4 rings (SSSR count). The molecule has 1 aromatic heterocycles. The average Bonchev–Trinajstić information content (AvgIpc) is 3.08. The fourth-order valence-electron chi connectivity index (χ4n) is 6.34.